The van der Waals surface area contributed by atoms with E-state index in [-0.39, 0.29) is 4.32 Å². The summed E-state index contributed by atoms with van der Waals surface area (Å²) < 4.78 is 6.04. The van der Waals surface area contributed by atoms with E-state index in [9.17, 15) is 14.7 Å². The van der Waals surface area contributed by atoms with Gasteiger partial charge < -0.3 is 9.52 Å². The molecule has 1 aliphatic heterocycles. The zero-order chi connectivity index (χ0) is 20.3. The molecule has 0 radical (unpaired) electrons. The molecular formula is C19H16ClNO4S3. The topological polar surface area (TPSA) is 70.8 Å². The number of thioether (sulfide) groups is 2. The molecule has 3 rings (SSSR count). The van der Waals surface area contributed by atoms with E-state index in [1.165, 1.54) is 16.7 Å². The third-order valence-corrected chi connectivity index (χ3v) is 6.23. The van der Waals surface area contributed by atoms with Crippen molar-refractivity contribution in [3.05, 3.63) is 52.1 Å². The smallest absolute Gasteiger partial charge is 0.326 e. The van der Waals surface area contributed by atoms with Crippen LogP contribution in [0.2, 0.25) is 5.02 Å². The molecule has 1 aromatic carbocycles. The van der Waals surface area contributed by atoms with E-state index in [2.05, 4.69) is 0 Å². The number of furan rings is 1. The Morgan fingerprint density at radius 3 is 2.89 bits per heavy atom. The minimum Gasteiger partial charge on any atom is -0.480 e. The maximum absolute atomic E-state index is 12.8. The maximum atomic E-state index is 12.8. The summed E-state index contributed by atoms with van der Waals surface area (Å²) in [6.07, 6.45) is 3.80. The highest BCUT2D eigenvalue weighted by Crippen LogP contribution is 2.35. The van der Waals surface area contributed by atoms with E-state index in [4.69, 9.17) is 28.2 Å². The Balaban J connectivity index is 1.83. The molecule has 1 saturated heterocycles. The van der Waals surface area contributed by atoms with E-state index in [0.717, 1.165) is 17.3 Å². The van der Waals surface area contributed by atoms with E-state index in [0.29, 0.717) is 33.6 Å². The molecule has 28 heavy (non-hydrogen) atoms. The highest BCUT2D eigenvalue weighted by Gasteiger charge is 2.40. The second kappa shape index (κ2) is 9.17. The Hall–Kier alpha value is -1.74. The lowest BCUT2D eigenvalue weighted by Crippen LogP contribution is -2.44. The van der Waals surface area contributed by atoms with Gasteiger partial charge in [-0.05, 0) is 42.7 Å². The first-order valence-electron chi connectivity index (χ1n) is 8.25. The summed E-state index contributed by atoms with van der Waals surface area (Å²) in [4.78, 5) is 25.9. The number of nitrogens with zero attached hydrogens (tertiary/aromatic N) is 1. The van der Waals surface area contributed by atoms with Crippen molar-refractivity contribution >= 4 is 69.6 Å². The summed E-state index contributed by atoms with van der Waals surface area (Å²) in [5, 5.41) is 10.1. The molecule has 2 aromatic rings. The van der Waals surface area contributed by atoms with Gasteiger partial charge in [-0.15, -0.1) is 0 Å². The first-order valence-corrected chi connectivity index (χ1v) is 11.2. The summed E-state index contributed by atoms with van der Waals surface area (Å²) in [5.41, 5.74) is 0.822. The molecule has 0 unspecified atom stereocenters. The SMILES string of the molecule is CSCC[C@@H](C(=O)O)N1C(=O)/C(=C\c2ccc(-c3cccc(Cl)c3)o2)SC1=S. The molecule has 1 atom stereocenters. The van der Waals surface area contributed by atoms with Gasteiger partial charge >= 0.3 is 5.97 Å². The van der Waals surface area contributed by atoms with E-state index < -0.39 is 17.9 Å². The Morgan fingerprint density at radius 2 is 2.21 bits per heavy atom. The highest BCUT2D eigenvalue weighted by atomic mass is 35.5. The van der Waals surface area contributed by atoms with Gasteiger partial charge in [0.05, 0.1) is 4.91 Å². The van der Waals surface area contributed by atoms with Gasteiger partial charge in [0.2, 0.25) is 0 Å². The van der Waals surface area contributed by atoms with E-state index >= 15 is 0 Å². The normalized spacial score (nSPS) is 16.8. The van der Waals surface area contributed by atoms with Gasteiger partial charge in [0, 0.05) is 16.7 Å². The van der Waals surface area contributed by atoms with Crippen LogP contribution in [-0.2, 0) is 9.59 Å². The van der Waals surface area contributed by atoms with Crippen molar-refractivity contribution < 1.29 is 19.1 Å². The minimum atomic E-state index is -1.06. The predicted octanol–water partition coefficient (Wildman–Crippen LogP) is 5.01. The molecule has 0 aliphatic carbocycles. The van der Waals surface area contributed by atoms with Gasteiger partial charge in [-0.3, -0.25) is 9.69 Å². The number of carbonyl (C=O) groups is 2. The van der Waals surface area contributed by atoms with Crippen LogP contribution in [0.4, 0.5) is 0 Å². The first-order chi connectivity index (χ1) is 13.4. The summed E-state index contributed by atoms with van der Waals surface area (Å²) in [7, 11) is 0. The number of carboxylic acid groups (broad SMARTS) is 1. The quantitative estimate of drug-likeness (QED) is 0.466. The minimum absolute atomic E-state index is 0.242. The molecule has 146 valence electrons. The predicted molar refractivity (Wildman–Crippen MR) is 119 cm³/mol. The van der Waals surface area contributed by atoms with Gasteiger partial charge in [-0.1, -0.05) is 47.7 Å². The Bertz CT molecular complexity index is 956. The van der Waals surface area contributed by atoms with Crippen molar-refractivity contribution in [2.75, 3.05) is 12.0 Å². The number of benzene rings is 1. The summed E-state index contributed by atoms with van der Waals surface area (Å²) >= 11 is 13.9. The monoisotopic (exact) mass is 453 g/mol. The molecule has 0 spiro atoms. The summed E-state index contributed by atoms with van der Waals surface area (Å²) in [6, 6.07) is 9.82. The number of hydrogen-bond donors (Lipinski definition) is 1. The third kappa shape index (κ3) is 4.63. The lowest BCUT2D eigenvalue weighted by atomic mass is 10.2. The van der Waals surface area contributed by atoms with E-state index in [1.54, 1.807) is 30.3 Å². The molecule has 1 N–H and O–H groups in total. The van der Waals surface area contributed by atoms with Gasteiger partial charge in [0.25, 0.3) is 5.91 Å². The fourth-order valence-corrected chi connectivity index (χ4v) is 4.68. The number of amides is 1. The van der Waals surface area contributed by atoms with Crippen molar-refractivity contribution in [2.45, 2.75) is 12.5 Å². The molecule has 0 bridgehead atoms. The Labute approximate surface area is 181 Å². The molecule has 9 heteroatoms. The van der Waals surface area contributed by atoms with Crippen LogP contribution >= 0.6 is 47.3 Å². The third-order valence-electron chi connectivity index (χ3n) is 4.02. The van der Waals surface area contributed by atoms with Crippen LogP contribution in [0.1, 0.15) is 12.2 Å². The van der Waals surface area contributed by atoms with Crippen LogP contribution in [0, 0.1) is 0 Å². The maximum Gasteiger partial charge on any atom is 0.326 e. The molecule has 1 amide bonds. The zero-order valence-electron chi connectivity index (χ0n) is 14.8. The van der Waals surface area contributed by atoms with Crippen molar-refractivity contribution in [1.29, 1.82) is 0 Å². The molecule has 5 nitrogen and oxygen atoms in total. The number of carbonyl (C=O) groups excluding carboxylic acids is 1. The average molecular weight is 454 g/mol. The molecule has 2 heterocycles. The zero-order valence-corrected chi connectivity index (χ0v) is 18.0. The Kier molecular flexibility index (Phi) is 6.87. The molecule has 1 aliphatic rings. The number of rotatable bonds is 7. The number of hydrogen-bond acceptors (Lipinski definition) is 6. The Morgan fingerprint density at radius 1 is 1.43 bits per heavy atom. The van der Waals surface area contributed by atoms with Gasteiger partial charge in [-0.2, -0.15) is 11.8 Å². The van der Waals surface area contributed by atoms with Gasteiger partial charge in [0.15, 0.2) is 0 Å². The second-order valence-electron chi connectivity index (χ2n) is 5.90. The largest absolute Gasteiger partial charge is 0.480 e. The number of halogens is 1. The highest BCUT2D eigenvalue weighted by molar-refractivity contribution is 8.26. The molecule has 1 aromatic heterocycles. The van der Waals surface area contributed by atoms with Crippen LogP contribution in [0.5, 0.6) is 0 Å². The van der Waals surface area contributed by atoms with Crippen molar-refractivity contribution in [3.63, 3.8) is 0 Å². The molecule has 0 saturated carbocycles. The summed E-state index contributed by atoms with van der Waals surface area (Å²) in [6.45, 7) is 0. The lowest BCUT2D eigenvalue weighted by Gasteiger charge is -2.22. The van der Waals surface area contributed by atoms with Crippen molar-refractivity contribution in [2.24, 2.45) is 0 Å². The fraction of sp³-hybridized carbons (Fsp3) is 0.211. The second-order valence-corrected chi connectivity index (χ2v) is 9.00. The number of aliphatic carboxylic acids is 1. The van der Waals surface area contributed by atoms with Crippen LogP contribution in [0.15, 0.2) is 45.7 Å². The average Bonchev–Trinajstić information content (AvgIpc) is 3.22. The van der Waals surface area contributed by atoms with Gasteiger partial charge in [-0.25, -0.2) is 4.79 Å². The standard InChI is InChI=1S/C19H16ClNO4S3/c1-27-8-7-14(18(23)24)21-17(22)16(28-19(21)26)10-13-5-6-15(25-13)11-3-2-4-12(20)9-11/h2-6,9-10,14H,7-8H2,1H3,(H,23,24)/b16-10+/t14-/m0/s1. The molecule has 1 fully saturated rings. The number of thiocarbonyl (C=S) groups is 1. The van der Waals surface area contributed by atoms with Crippen molar-refractivity contribution in [1.82, 2.24) is 4.90 Å². The van der Waals surface area contributed by atoms with Gasteiger partial charge in [0.1, 0.15) is 21.9 Å². The van der Waals surface area contributed by atoms with Crippen LogP contribution < -0.4 is 0 Å². The van der Waals surface area contributed by atoms with Crippen LogP contribution in [0.3, 0.4) is 0 Å². The first kappa shape index (κ1) is 21.0. The lowest BCUT2D eigenvalue weighted by molar-refractivity contribution is -0.145. The molecular weight excluding hydrogens is 438 g/mol. The van der Waals surface area contributed by atoms with E-state index in [1.807, 2.05) is 18.4 Å². The van der Waals surface area contributed by atoms with Crippen LogP contribution in [-0.4, -0.2) is 44.3 Å². The van der Waals surface area contributed by atoms with Crippen LogP contribution in [0.25, 0.3) is 17.4 Å². The fourth-order valence-electron chi connectivity index (χ4n) is 2.70. The van der Waals surface area contributed by atoms with Crippen molar-refractivity contribution in [3.8, 4) is 11.3 Å². The number of carboxylic acids is 1. The summed E-state index contributed by atoms with van der Waals surface area (Å²) in [5.74, 6) is 0.241.